The molecule has 2 fully saturated rings. The first-order chi connectivity index (χ1) is 8.15. The Morgan fingerprint density at radius 2 is 1.78 bits per heavy atom. The minimum absolute atomic E-state index is 0.0103. The molecule has 3 nitrogen and oxygen atoms in total. The second-order valence-electron chi connectivity index (χ2n) is 6.75. The summed E-state index contributed by atoms with van der Waals surface area (Å²) < 4.78 is 0. The van der Waals surface area contributed by atoms with E-state index in [0.29, 0.717) is 12.8 Å². The van der Waals surface area contributed by atoms with Crippen LogP contribution in [0, 0.1) is 11.8 Å². The summed E-state index contributed by atoms with van der Waals surface area (Å²) in [5.74, 6) is 0.0577. The number of allylic oxidation sites excluding steroid dienone is 2. The number of carbonyl (C=O) groups excluding carboxylic acids is 1. The van der Waals surface area contributed by atoms with Gasteiger partial charge in [-0.2, -0.15) is 0 Å². The third-order valence-corrected chi connectivity index (χ3v) is 4.93. The molecule has 0 bridgehead atoms. The Bertz CT molecular complexity index is 400. The Hall–Kier alpha value is -0.670. The molecule has 2 rings (SSSR count). The SMILES string of the molecule is CC(C)=C1C[C@@H]2[C@H](CC[C@@]2(C)O)[C@](C)(O)CC1=O. The van der Waals surface area contributed by atoms with Gasteiger partial charge in [0.1, 0.15) is 0 Å². The number of hydrogen-bond acceptors (Lipinski definition) is 3. The van der Waals surface area contributed by atoms with E-state index >= 15 is 0 Å². The molecule has 2 saturated carbocycles. The van der Waals surface area contributed by atoms with Gasteiger partial charge in [-0.3, -0.25) is 4.79 Å². The van der Waals surface area contributed by atoms with Gasteiger partial charge in [-0.1, -0.05) is 5.57 Å². The molecule has 0 spiro atoms. The number of carbonyl (C=O) groups is 1. The normalized spacial score (nSPS) is 44.8. The Kier molecular flexibility index (Phi) is 3.19. The monoisotopic (exact) mass is 252 g/mol. The number of hydrogen-bond donors (Lipinski definition) is 2. The van der Waals surface area contributed by atoms with Crippen LogP contribution < -0.4 is 0 Å². The summed E-state index contributed by atoms with van der Waals surface area (Å²) in [6.07, 6.45) is 2.30. The zero-order valence-electron chi connectivity index (χ0n) is 11.8. The number of ketones is 1. The first kappa shape index (κ1) is 13.8. The number of Topliss-reactive ketones (excluding diaryl/α,β-unsaturated/α-hetero) is 1. The van der Waals surface area contributed by atoms with Gasteiger partial charge < -0.3 is 10.2 Å². The third kappa shape index (κ3) is 2.14. The van der Waals surface area contributed by atoms with Crippen molar-refractivity contribution in [2.45, 2.75) is 64.6 Å². The molecular weight excluding hydrogens is 228 g/mol. The van der Waals surface area contributed by atoms with Crippen molar-refractivity contribution in [2.24, 2.45) is 11.8 Å². The molecule has 2 aliphatic carbocycles. The highest BCUT2D eigenvalue weighted by atomic mass is 16.3. The van der Waals surface area contributed by atoms with Crippen LogP contribution in [0.4, 0.5) is 0 Å². The van der Waals surface area contributed by atoms with Gasteiger partial charge in [0, 0.05) is 6.42 Å². The van der Waals surface area contributed by atoms with Gasteiger partial charge >= 0.3 is 0 Å². The molecular formula is C15H24O3. The summed E-state index contributed by atoms with van der Waals surface area (Å²) in [6.45, 7) is 7.46. The average Bonchev–Trinajstić information content (AvgIpc) is 2.43. The van der Waals surface area contributed by atoms with E-state index in [0.717, 1.165) is 17.6 Å². The third-order valence-electron chi connectivity index (χ3n) is 4.93. The Morgan fingerprint density at radius 3 is 2.33 bits per heavy atom. The summed E-state index contributed by atoms with van der Waals surface area (Å²) in [5, 5.41) is 21.1. The van der Waals surface area contributed by atoms with E-state index in [1.54, 1.807) is 6.92 Å². The summed E-state index contributed by atoms with van der Waals surface area (Å²) in [7, 11) is 0. The Balaban J connectivity index is 2.45. The number of aliphatic hydroxyl groups is 2. The van der Waals surface area contributed by atoms with Crippen LogP contribution in [-0.2, 0) is 4.79 Å². The lowest BCUT2D eigenvalue weighted by molar-refractivity contribution is -0.121. The van der Waals surface area contributed by atoms with Gasteiger partial charge in [-0.15, -0.1) is 0 Å². The molecule has 0 saturated heterocycles. The van der Waals surface area contributed by atoms with Crippen molar-refractivity contribution in [3.8, 4) is 0 Å². The molecule has 0 unspecified atom stereocenters. The van der Waals surface area contributed by atoms with Crippen LogP contribution >= 0.6 is 0 Å². The molecule has 0 aromatic heterocycles. The van der Waals surface area contributed by atoms with Gasteiger partial charge in [0.05, 0.1) is 11.2 Å². The molecule has 18 heavy (non-hydrogen) atoms. The van der Waals surface area contributed by atoms with Crippen molar-refractivity contribution >= 4 is 5.78 Å². The minimum Gasteiger partial charge on any atom is -0.390 e. The van der Waals surface area contributed by atoms with Gasteiger partial charge in [0.15, 0.2) is 5.78 Å². The Labute approximate surface area is 109 Å². The fraction of sp³-hybridized carbons (Fsp3) is 0.800. The van der Waals surface area contributed by atoms with Crippen molar-refractivity contribution in [1.29, 1.82) is 0 Å². The lowest BCUT2D eigenvalue weighted by atomic mass is 9.76. The lowest BCUT2D eigenvalue weighted by Crippen LogP contribution is -2.41. The summed E-state index contributed by atoms with van der Waals surface area (Å²) in [6, 6.07) is 0. The van der Waals surface area contributed by atoms with Gasteiger partial charge in [-0.25, -0.2) is 0 Å². The standard InChI is InChI=1S/C15H24O3/c1-9(2)10-7-12-11(5-6-14(12,3)17)15(4,18)8-13(10)16/h11-12,17-18H,5-8H2,1-4H3/t11-,12+,14+,15+/m0/s1. The molecule has 2 N–H and O–H groups in total. The predicted octanol–water partition coefficient (Wildman–Crippen LogP) is 2.21. The van der Waals surface area contributed by atoms with Crippen LogP contribution in [0.1, 0.15) is 53.4 Å². The van der Waals surface area contributed by atoms with Gasteiger partial charge in [-0.05, 0) is 64.4 Å². The van der Waals surface area contributed by atoms with E-state index in [4.69, 9.17) is 0 Å². The van der Waals surface area contributed by atoms with Crippen LogP contribution in [0.25, 0.3) is 0 Å². The van der Waals surface area contributed by atoms with Gasteiger partial charge in [0.25, 0.3) is 0 Å². The van der Waals surface area contributed by atoms with E-state index in [-0.39, 0.29) is 24.0 Å². The molecule has 3 heteroatoms. The van der Waals surface area contributed by atoms with E-state index in [9.17, 15) is 15.0 Å². The van der Waals surface area contributed by atoms with E-state index in [2.05, 4.69) is 0 Å². The maximum Gasteiger partial charge on any atom is 0.161 e. The molecule has 0 aliphatic heterocycles. The molecule has 0 heterocycles. The Morgan fingerprint density at radius 1 is 1.17 bits per heavy atom. The zero-order valence-corrected chi connectivity index (χ0v) is 11.8. The average molecular weight is 252 g/mol. The van der Waals surface area contributed by atoms with Crippen molar-refractivity contribution < 1.29 is 15.0 Å². The number of fused-ring (bicyclic) bond motifs is 1. The molecule has 4 atom stereocenters. The highest BCUT2D eigenvalue weighted by Crippen LogP contribution is 2.51. The van der Waals surface area contributed by atoms with Crippen LogP contribution in [0.2, 0.25) is 0 Å². The molecule has 0 radical (unpaired) electrons. The fourth-order valence-corrected chi connectivity index (χ4v) is 3.75. The fourth-order valence-electron chi connectivity index (χ4n) is 3.75. The smallest absolute Gasteiger partial charge is 0.161 e. The van der Waals surface area contributed by atoms with Crippen LogP contribution in [0.3, 0.4) is 0 Å². The van der Waals surface area contributed by atoms with Gasteiger partial charge in [0.2, 0.25) is 0 Å². The van der Waals surface area contributed by atoms with E-state index < -0.39 is 11.2 Å². The maximum atomic E-state index is 12.2. The topological polar surface area (TPSA) is 57.5 Å². The summed E-state index contributed by atoms with van der Waals surface area (Å²) >= 11 is 0. The second-order valence-corrected chi connectivity index (χ2v) is 6.75. The quantitative estimate of drug-likeness (QED) is 0.650. The maximum absolute atomic E-state index is 12.2. The van der Waals surface area contributed by atoms with Crippen molar-refractivity contribution in [3.05, 3.63) is 11.1 Å². The van der Waals surface area contributed by atoms with E-state index in [1.807, 2.05) is 20.8 Å². The predicted molar refractivity (Wildman–Crippen MR) is 70.1 cm³/mol. The number of rotatable bonds is 0. The van der Waals surface area contributed by atoms with Crippen LogP contribution in [0.5, 0.6) is 0 Å². The zero-order chi connectivity index (χ0) is 13.7. The largest absolute Gasteiger partial charge is 0.390 e. The van der Waals surface area contributed by atoms with E-state index in [1.165, 1.54) is 0 Å². The first-order valence-electron chi connectivity index (χ1n) is 6.79. The second kappa shape index (κ2) is 4.17. The van der Waals surface area contributed by atoms with Crippen LogP contribution in [-0.4, -0.2) is 27.2 Å². The summed E-state index contributed by atoms with van der Waals surface area (Å²) in [4.78, 5) is 12.2. The molecule has 0 aromatic carbocycles. The lowest BCUT2D eigenvalue weighted by Gasteiger charge is -2.34. The van der Waals surface area contributed by atoms with Crippen molar-refractivity contribution in [3.63, 3.8) is 0 Å². The highest BCUT2D eigenvalue weighted by molar-refractivity contribution is 5.97. The summed E-state index contributed by atoms with van der Waals surface area (Å²) in [5.41, 5.74) is 0.0727. The molecule has 102 valence electrons. The molecule has 2 aliphatic rings. The molecule has 0 amide bonds. The first-order valence-corrected chi connectivity index (χ1v) is 6.79. The van der Waals surface area contributed by atoms with Crippen molar-refractivity contribution in [1.82, 2.24) is 0 Å². The molecule has 0 aromatic rings. The van der Waals surface area contributed by atoms with Crippen molar-refractivity contribution in [2.75, 3.05) is 0 Å². The highest BCUT2D eigenvalue weighted by Gasteiger charge is 2.53. The van der Waals surface area contributed by atoms with Crippen LogP contribution in [0.15, 0.2) is 11.1 Å². The minimum atomic E-state index is -0.987.